The highest BCUT2D eigenvalue weighted by molar-refractivity contribution is 5.71. The van der Waals surface area contributed by atoms with E-state index < -0.39 is 5.97 Å². The van der Waals surface area contributed by atoms with Crippen LogP contribution >= 0.6 is 0 Å². The molecule has 0 aliphatic heterocycles. The maximum Gasteiger partial charge on any atom is 0.303 e. The molecule has 6 nitrogen and oxygen atoms in total. The van der Waals surface area contributed by atoms with Gasteiger partial charge in [0.2, 0.25) is 0 Å². The van der Waals surface area contributed by atoms with E-state index in [0.717, 1.165) is 35.1 Å². The quantitative estimate of drug-likeness (QED) is 0.164. The number of carboxylic acid groups (broad SMARTS) is 1. The first kappa shape index (κ1) is 33.5. The van der Waals surface area contributed by atoms with Crippen molar-refractivity contribution >= 4 is 5.97 Å². The minimum Gasteiger partial charge on any atom is -0.497 e. The Hall–Kier alpha value is -3.42. The number of methoxy groups -OCH3 is 2. The fourth-order valence-electron chi connectivity index (χ4n) is 6.00. The van der Waals surface area contributed by atoms with Crippen molar-refractivity contribution in [3.63, 3.8) is 0 Å². The summed E-state index contributed by atoms with van der Waals surface area (Å²) in [5.74, 6) is 0.0742. The lowest BCUT2D eigenvalue weighted by Gasteiger charge is -2.33. The molecule has 1 aliphatic carbocycles. The largest absolute Gasteiger partial charge is 0.497 e. The van der Waals surface area contributed by atoms with Crippen LogP contribution in [0.1, 0.15) is 88.5 Å². The van der Waals surface area contributed by atoms with Crippen LogP contribution in [0.5, 0.6) is 11.5 Å². The molecule has 238 valence electrons. The van der Waals surface area contributed by atoms with Crippen LogP contribution in [0, 0.1) is 16.6 Å². The van der Waals surface area contributed by atoms with Crippen LogP contribution < -0.4 is 9.47 Å². The van der Waals surface area contributed by atoms with Crippen LogP contribution in [-0.2, 0) is 20.9 Å². The smallest absolute Gasteiger partial charge is 0.303 e. The van der Waals surface area contributed by atoms with Gasteiger partial charge < -0.3 is 24.1 Å². The molecule has 4 rings (SSSR count). The number of aliphatic carboxylic acids is 1. The Balaban J connectivity index is 1.65. The lowest BCUT2D eigenvalue weighted by atomic mass is 9.81. The van der Waals surface area contributed by atoms with Gasteiger partial charge in [0, 0.05) is 12.7 Å². The van der Waals surface area contributed by atoms with Gasteiger partial charge in [-0.3, -0.25) is 4.79 Å². The maximum atomic E-state index is 15.2. The number of carboxylic acids is 1. The van der Waals surface area contributed by atoms with Crippen LogP contribution in [0.3, 0.4) is 0 Å². The number of ether oxygens (including phenoxy) is 4. The van der Waals surface area contributed by atoms with Gasteiger partial charge in [-0.05, 0) is 94.7 Å². The molecule has 44 heavy (non-hydrogen) atoms. The molecule has 0 heterocycles. The summed E-state index contributed by atoms with van der Waals surface area (Å²) in [6.07, 6.45) is 4.03. The van der Waals surface area contributed by atoms with Gasteiger partial charge in [-0.1, -0.05) is 58.4 Å². The summed E-state index contributed by atoms with van der Waals surface area (Å²) in [7, 11) is 3.20. The van der Waals surface area contributed by atoms with Crippen molar-refractivity contribution in [3.05, 3.63) is 83.2 Å². The van der Waals surface area contributed by atoms with E-state index in [0.29, 0.717) is 30.3 Å². The van der Waals surface area contributed by atoms with Crippen molar-refractivity contribution in [3.8, 4) is 22.6 Å². The van der Waals surface area contributed by atoms with E-state index in [1.54, 1.807) is 26.4 Å². The molecule has 0 unspecified atom stereocenters. The fraction of sp³-hybridized carbons (Fsp3) is 0.486. The van der Waals surface area contributed by atoms with Crippen molar-refractivity contribution in [2.75, 3.05) is 27.4 Å². The van der Waals surface area contributed by atoms with Crippen LogP contribution in [0.15, 0.2) is 60.7 Å². The summed E-state index contributed by atoms with van der Waals surface area (Å²) in [6, 6.07) is 18.5. The van der Waals surface area contributed by atoms with Gasteiger partial charge in [0.1, 0.15) is 23.9 Å². The van der Waals surface area contributed by atoms with Crippen LogP contribution in [0.2, 0.25) is 0 Å². The summed E-state index contributed by atoms with van der Waals surface area (Å²) in [6.45, 7) is 9.61. The average molecular weight is 607 g/mol. The van der Waals surface area contributed by atoms with Crippen molar-refractivity contribution in [1.29, 1.82) is 0 Å². The summed E-state index contributed by atoms with van der Waals surface area (Å²) < 4.78 is 38.5. The van der Waals surface area contributed by atoms with Crippen molar-refractivity contribution in [2.45, 2.75) is 78.4 Å². The molecule has 1 N–H and O–H groups in total. The van der Waals surface area contributed by atoms with E-state index in [-0.39, 0.29) is 41.7 Å². The highest BCUT2D eigenvalue weighted by Crippen LogP contribution is 2.55. The molecule has 0 spiro atoms. The Morgan fingerprint density at radius 3 is 2.39 bits per heavy atom. The molecule has 0 amide bonds. The van der Waals surface area contributed by atoms with Crippen LogP contribution in [0.4, 0.5) is 4.39 Å². The predicted molar refractivity (Wildman–Crippen MR) is 171 cm³/mol. The Bertz CT molecular complexity index is 1410. The first-order valence-corrected chi connectivity index (χ1v) is 15.5. The standard InChI is InChI=1S/C37H47FO6/c1-7-37(15-16-37)23-27(21-34(39)40)26-9-8-10-29(20-26)44-24-25-11-13-30(31-22-28(42-6)12-14-33(31)38)32(19-25)35(36(2,3)4)43-18-17-41-5/h8-14,19-20,22,27,35H,7,15-18,21,23-24H2,1-6H3,(H,39,40)/t27-,35-/m1/s1. The zero-order valence-electron chi connectivity index (χ0n) is 27.0. The Morgan fingerprint density at radius 2 is 1.75 bits per heavy atom. The molecular weight excluding hydrogens is 559 g/mol. The zero-order chi connectivity index (χ0) is 31.9. The van der Waals surface area contributed by atoms with Crippen LogP contribution in [0.25, 0.3) is 11.1 Å². The van der Waals surface area contributed by atoms with E-state index in [4.69, 9.17) is 18.9 Å². The number of halogens is 1. The molecule has 7 heteroatoms. The molecular formula is C37H47FO6. The van der Waals surface area contributed by atoms with Gasteiger partial charge >= 0.3 is 5.97 Å². The van der Waals surface area contributed by atoms with Gasteiger partial charge in [-0.2, -0.15) is 0 Å². The molecule has 1 saturated carbocycles. The summed E-state index contributed by atoms with van der Waals surface area (Å²) in [5, 5.41) is 9.62. The van der Waals surface area contributed by atoms with Gasteiger partial charge in [-0.25, -0.2) is 4.39 Å². The van der Waals surface area contributed by atoms with Gasteiger partial charge in [0.25, 0.3) is 0 Å². The van der Waals surface area contributed by atoms with E-state index in [9.17, 15) is 9.90 Å². The average Bonchev–Trinajstić information content (AvgIpc) is 3.77. The maximum absolute atomic E-state index is 15.2. The second-order valence-electron chi connectivity index (χ2n) is 13.1. The minimum absolute atomic E-state index is 0.0565. The predicted octanol–water partition coefficient (Wildman–Crippen LogP) is 8.97. The molecule has 1 aliphatic rings. The highest BCUT2D eigenvalue weighted by Gasteiger charge is 2.42. The van der Waals surface area contributed by atoms with E-state index in [1.807, 2.05) is 42.5 Å². The SMILES string of the molecule is CCC1(C[C@@H](CC(=O)O)c2cccc(OCc3ccc(-c4cc(OC)ccc4F)c([C@@H](OCCOC)C(C)(C)C)c3)c2)CC1. The topological polar surface area (TPSA) is 74.2 Å². The van der Waals surface area contributed by atoms with Crippen molar-refractivity contribution in [2.24, 2.45) is 10.8 Å². The van der Waals surface area contributed by atoms with Gasteiger partial charge in [-0.15, -0.1) is 0 Å². The van der Waals surface area contributed by atoms with E-state index >= 15 is 4.39 Å². The Morgan fingerprint density at radius 1 is 0.977 bits per heavy atom. The van der Waals surface area contributed by atoms with Crippen molar-refractivity contribution in [1.82, 2.24) is 0 Å². The number of rotatable bonds is 16. The highest BCUT2D eigenvalue weighted by atomic mass is 19.1. The second-order valence-corrected chi connectivity index (χ2v) is 13.1. The van der Waals surface area contributed by atoms with Crippen LogP contribution in [-0.4, -0.2) is 38.5 Å². The first-order chi connectivity index (χ1) is 21.0. The minimum atomic E-state index is -0.783. The number of hydrogen-bond acceptors (Lipinski definition) is 5. The number of hydrogen-bond donors (Lipinski definition) is 1. The lowest BCUT2D eigenvalue weighted by Crippen LogP contribution is -2.24. The molecule has 2 atom stereocenters. The molecule has 0 saturated heterocycles. The summed E-state index contributed by atoms with van der Waals surface area (Å²) >= 11 is 0. The molecule has 0 radical (unpaired) electrons. The van der Waals surface area contributed by atoms with E-state index in [2.05, 4.69) is 27.7 Å². The molecule has 1 fully saturated rings. The first-order valence-electron chi connectivity index (χ1n) is 15.5. The third-order valence-electron chi connectivity index (χ3n) is 8.76. The number of carbonyl (C=O) groups is 1. The molecule has 0 bridgehead atoms. The van der Waals surface area contributed by atoms with E-state index in [1.165, 1.54) is 18.9 Å². The Labute approximate surface area is 261 Å². The molecule has 0 aromatic heterocycles. The fourth-order valence-corrected chi connectivity index (χ4v) is 6.00. The monoisotopic (exact) mass is 606 g/mol. The zero-order valence-corrected chi connectivity index (χ0v) is 27.0. The molecule has 3 aromatic rings. The number of benzene rings is 3. The lowest BCUT2D eigenvalue weighted by molar-refractivity contribution is -0.137. The Kier molecular flexibility index (Phi) is 11.1. The van der Waals surface area contributed by atoms with Crippen molar-refractivity contribution < 1.29 is 33.2 Å². The summed E-state index contributed by atoms with van der Waals surface area (Å²) in [5.41, 5.74) is 3.89. The third kappa shape index (κ3) is 8.60. The van der Waals surface area contributed by atoms with Gasteiger partial charge in [0.05, 0.1) is 32.8 Å². The summed E-state index contributed by atoms with van der Waals surface area (Å²) in [4.78, 5) is 11.7. The normalized spacial score (nSPS) is 15.4. The second kappa shape index (κ2) is 14.6. The third-order valence-corrected chi connectivity index (χ3v) is 8.76. The van der Waals surface area contributed by atoms with Gasteiger partial charge in [0.15, 0.2) is 0 Å². The molecule has 3 aromatic carbocycles.